The van der Waals surface area contributed by atoms with E-state index in [0.29, 0.717) is 0 Å². The number of carbonyl (C=O) groups is 1. The van der Waals surface area contributed by atoms with Crippen LogP contribution in [0.5, 0.6) is 0 Å². The molecular formula is C12H15NO2S. The third kappa shape index (κ3) is 1.78. The maximum atomic E-state index is 11.1. The maximum Gasteiger partial charge on any atom is 0.319 e. The molecule has 1 aliphatic heterocycles. The molecule has 0 saturated carbocycles. The van der Waals surface area contributed by atoms with Gasteiger partial charge in [-0.1, -0.05) is 6.07 Å². The molecule has 0 aliphatic carbocycles. The highest BCUT2D eigenvalue weighted by Gasteiger charge is 2.34. The van der Waals surface area contributed by atoms with Gasteiger partial charge in [-0.25, -0.2) is 0 Å². The number of aliphatic carboxylic acids is 1. The number of thioether (sulfide) groups is 1. The van der Waals surface area contributed by atoms with Crippen molar-refractivity contribution in [2.24, 2.45) is 0 Å². The molecule has 0 bridgehead atoms. The third-order valence-corrected chi connectivity index (χ3v) is 4.49. The molecule has 1 aromatic carbocycles. The van der Waals surface area contributed by atoms with E-state index in [9.17, 15) is 4.79 Å². The number of anilines is 1. The van der Waals surface area contributed by atoms with E-state index in [1.54, 1.807) is 0 Å². The van der Waals surface area contributed by atoms with E-state index in [1.807, 2.05) is 33.0 Å². The van der Waals surface area contributed by atoms with Gasteiger partial charge in [-0.05, 0) is 31.5 Å². The van der Waals surface area contributed by atoms with Crippen molar-refractivity contribution in [1.29, 1.82) is 0 Å². The number of carboxylic acid groups (broad SMARTS) is 1. The second kappa shape index (κ2) is 4.01. The Labute approximate surface area is 99.5 Å². The van der Waals surface area contributed by atoms with E-state index in [1.165, 1.54) is 17.3 Å². The molecule has 0 radical (unpaired) electrons. The minimum absolute atomic E-state index is 0.0109. The molecule has 4 heteroatoms. The molecule has 0 saturated heterocycles. The van der Waals surface area contributed by atoms with Crippen molar-refractivity contribution in [3.63, 3.8) is 0 Å². The summed E-state index contributed by atoms with van der Waals surface area (Å²) in [7, 11) is 1.96. The van der Waals surface area contributed by atoms with E-state index >= 15 is 0 Å². The monoisotopic (exact) mass is 237 g/mol. The lowest BCUT2D eigenvalue weighted by molar-refractivity contribution is -0.136. The molecule has 0 aromatic heterocycles. The number of hydrogen-bond donors (Lipinski definition) is 1. The summed E-state index contributed by atoms with van der Waals surface area (Å²) in [5, 5.41) is 8.77. The molecule has 1 aromatic rings. The fraction of sp³-hybridized carbons (Fsp3) is 0.417. The number of fused-ring (bicyclic) bond motifs is 1. The number of aryl methyl sites for hydroxylation is 1. The largest absolute Gasteiger partial charge is 0.480 e. The molecule has 0 amide bonds. The molecule has 1 heterocycles. The first-order valence-electron chi connectivity index (χ1n) is 5.23. The lowest BCUT2D eigenvalue weighted by Crippen LogP contribution is -2.44. The smallest absolute Gasteiger partial charge is 0.319 e. The van der Waals surface area contributed by atoms with Gasteiger partial charge in [0.2, 0.25) is 0 Å². The zero-order valence-corrected chi connectivity index (χ0v) is 10.4. The van der Waals surface area contributed by atoms with Gasteiger partial charge < -0.3 is 10.0 Å². The second-order valence-electron chi connectivity index (χ2n) is 4.20. The molecular weight excluding hydrogens is 222 g/mol. The van der Waals surface area contributed by atoms with Crippen LogP contribution in [0.25, 0.3) is 0 Å². The van der Waals surface area contributed by atoms with E-state index in [4.69, 9.17) is 5.11 Å². The zero-order valence-electron chi connectivity index (χ0n) is 9.60. The predicted octanol–water partition coefficient (Wildman–Crippen LogP) is 2.38. The van der Waals surface area contributed by atoms with E-state index in [-0.39, 0.29) is 11.3 Å². The lowest BCUT2D eigenvalue weighted by atomic mass is 10.1. The Morgan fingerprint density at radius 3 is 2.81 bits per heavy atom. The van der Waals surface area contributed by atoms with E-state index < -0.39 is 5.97 Å². The van der Waals surface area contributed by atoms with Crippen LogP contribution in [-0.4, -0.2) is 29.4 Å². The van der Waals surface area contributed by atoms with Crippen molar-refractivity contribution < 1.29 is 9.90 Å². The van der Waals surface area contributed by atoms with Crippen LogP contribution >= 0.6 is 11.8 Å². The SMILES string of the molecule is Cc1ccc2c(c1)N(C)C(C)C(C(=O)O)S2. The first-order valence-corrected chi connectivity index (χ1v) is 6.11. The molecule has 2 atom stereocenters. The molecule has 3 nitrogen and oxygen atoms in total. The molecule has 0 spiro atoms. The van der Waals surface area contributed by atoms with Gasteiger partial charge in [0.15, 0.2) is 0 Å². The molecule has 2 unspecified atom stereocenters. The van der Waals surface area contributed by atoms with Crippen LogP contribution in [0, 0.1) is 6.92 Å². The Morgan fingerprint density at radius 1 is 1.50 bits per heavy atom. The summed E-state index contributed by atoms with van der Waals surface area (Å²) in [6.07, 6.45) is 0. The first-order chi connectivity index (χ1) is 7.50. The van der Waals surface area contributed by atoms with Gasteiger partial charge in [-0.2, -0.15) is 0 Å². The van der Waals surface area contributed by atoms with Gasteiger partial charge in [-0.3, -0.25) is 4.79 Å². The summed E-state index contributed by atoms with van der Waals surface area (Å²) in [6.45, 7) is 4.00. The number of carboxylic acids is 1. The second-order valence-corrected chi connectivity index (χ2v) is 5.38. The summed E-state index contributed by atoms with van der Waals surface area (Å²) >= 11 is 1.44. The summed E-state index contributed by atoms with van der Waals surface area (Å²) in [6, 6.07) is 6.15. The lowest BCUT2D eigenvalue weighted by Gasteiger charge is -2.37. The van der Waals surface area contributed by atoms with Gasteiger partial charge in [0, 0.05) is 18.0 Å². The summed E-state index contributed by atoms with van der Waals surface area (Å²) in [5.41, 5.74) is 2.34. The highest BCUT2D eigenvalue weighted by Crippen LogP contribution is 2.41. The Balaban J connectivity index is 2.44. The van der Waals surface area contributed by atoms with Gasteiger partial charge in [0.25, 0.3) is 0 Å². The Kier molecular flexibility index (Phi) is 2.84. The average molecular weight is 237 g/mol. The highest BCUT2D eigenvalue weighted by molar-refractivity contribution is 8.00. The van der Waals surface area contributed by atoms with Crippen molar-refractivity contribution in [3.05, 3.63) is 23.8 Å². The van der Waals surface area contributed by atoms with Crippen molar-refractivity contribution in [1.82, 2.24) is 0 Å². The van der Waals surface area contributed by atoms with E-state index in [0.717, 1.165) is 10.6 Å². The zero-order chi connectivity index (χ0) is 11.9. The topological polar surface area (TPSA) is 40.5 Å². The Bertz CT molecular complexity index is 433. The minimum Gasteiger partial charge on any atom is -0.480 e. The van der Waals surface area contributed by atoms with Gasteiger partial charge >= 0.3 is 5.97 Å². The van der Waals surface area contributed by atoms with Gasteiger partial charge in [0.1, 0.15) is 5.25 Å². The van der Waals surface area contributed by atoms with Crippen LogP contribution in [0.2, 0.25) is 0 Å². The van der Waals surface area contributed by atoms with Crippen LogP contribution in [0.15, 0.2) is 23.1 Å². The third-order valence-electron chi connectivity index (χ3n) is 3.04. The van der Waals surface area contributed by atoms with Crippen molar-refractivity contribution in [2.45, 2.75) is 30.0 Å². The summed E-state index contributed by atoms with van der Waals surface area (Å²) in [4.78, 5) is 14.2. The number of hydrogen-bond acceptors (Lipinski definition) is 3. The standard InChI is InChI=1S/C12H15NO2S/c1-7-4-5-10-9(6-7)13(3)8(2)11(16-10)12(14)15/h4-6,8,11H,1-3H3,(H,14,15). The summed E-state index contributed by atoms with van der Waals surface area (Å²) in [5.74, 6) is -0.740. The molecule has 1 aliphatic rings. The van der Waals surface area contributed by atoms with Gasteiger partial charge in [-0.15, -0.1) is 11.8 Å². The maximum absolute atomic E-state index is 11.1. The number of nitrogens with zero attached hydrogens (tertiary/aromatic N) is 1. The fourth-order valence-corrected chi connectivity index (χ4v) is 3.14. The summed E-state index contributed by atoms with van der Waals surface area (Å²) < 4.78 is 0. The fourth-order valence-electron chi connectivity index (χ4n) is 1.92. The van der Waals surface area contributed by atoms with Crippen LogP contribution in [0.4, 0.5) is 5.69 Å². The van der Waals surface area contributed by atoms with Crippen molar-refractivity contribution >= 4 is 23.4 Å². The van der Waals surface area contributed by atoms with Gasteiger partial charge in [0.05, 0.1) is 5.69 Å². The molecule has 0 fully saturated rings. The number of benzene rings is 1. The predicted molar refractivity (Wildman–Crippen MR) is 66.3 cm³/mol. The quantitative estimate of drug-likeness (QED) is 0.814. The van der Waals surface area contributed by atoms with Crippen LogP contribution in [-0.2, 0) is 4.79 Å². The molecule has 16 heavy (non-hydrogen) atoms. The van der Waals surface area contributed by atoms with Crippen LogP contribution < -0.4 is 4.90 Å². The Morgan fingerprint density at radius 2 is 2.19 bits per heavy atom. The van der Waals surface area contributed by atoms with Crippen LogP contribution in [0.3, 0.4) is 0 Å². The molecule has 86 valence electrons. The Hall–Kier alpha value is -1.16. The molecule has 2 rings (SSSR count). The van der Waals surface area contributed by atoms with E-state index in [2.05, 4.69) is 11.0 Å². The van der Waals surface area contributed by atoms with Crippen molar-refractivity contribution in [3.8, 4) is 0 Å². The van der Waals surface area contributed by atoms with Crippen molar-refractivity contribution in [2.75, 3.05) is 11.9 Å². The number of rotatable bonds is 1. The average Bonchev–Trinajstić information content (AvgIpc) is 2.23. The first kappa shape index (κ1) is 11.3. The normalized spacial score (nSPS) is 24.1. The minimum atomic E-state index is -0.740. The highest BCUT2D eigenvalue weighted by atomic mass is 32.2. The molecule has 1 N–H and O–H groups in total. The van der Waals surface area contributed by atoms with Crippen LogP contribution in [0.1, 0.15) is 12.5 Å².